The summed E-state index contributed by atoms with van der Waals surface area (Å²) in [6.07, 6.45) is 3.51. The van der Waals surface area contributed by atoms with Crippen molar-refractivity contribution in [3.05, 3.63) is 0 Å². The molecule has 0 aromatic carbocycles. The molecule has 0 saturated carbocycles. The van der Waals surface area contributed by atoms with E-state index in [1.807, 2.05) is 6.92 Å². The number of ether oxygens (including phenoxy) is 1. The van der Waals surface area contributed by atoms with Gasteiger partial charge in [-0.3, -0.25) is 0 Å². The van der Waals surface area contributed by atoms with Crippen LogP contribution < -0.4 is 0 Å². The van der Waals surface area contributed by atoms with Crippen LogP contribution in [0.4, 0.5) is 0 Å². The van der Waals surface area contributed by atoms with Crippen LogP contribution in [0.5, 0.6) is 0 Å². The lowest BCUT2D eigenvalue weighted by Gasteiger charge is -2.12. The highest BCUT2D eigenvalue weighted by Crippen LogP contribution is 2.30. The number of hydrogen-bond donors (Lipinski definition) is 1. The zero-order valence-corrected chi connectivity index (χ0v) is 9.82. The van der Waals surface area contributed by atoms with Gasteiger partial charge in [-0.15, -0.1) is 0 Å². The first kappa shape index (κ1) is 10.7. The standard InChI is InChI=1S/C9H17IO2/c1-3-4-5-7-8(10)9(11)6(2)12-7/h6-9,11H,3-5H2,1-2H3/t6-,7+,8-,9+/m0/s1. The monoisotopic (exact) mass is 284 g/mol. The summed E-state index contributed by atoms with van der Waals surface area (Å²) in [5.74, 6) is 0. The number of hydrogen-bond acceptors (Lipinski definition) is 2. The third kappa shape index (κ3) is 2.33. The second-order valence-electron chi connectivity index (χ2n) is 3.46. The molecule has 1 N–H and O–H groups in total. The number of aliphatic hydroxyl groups excluding tert-OH is 1. The van der Waals surface area contributed by atoms with E-state index in [9.17, 15) is 5.11 Å². The number of halogens is 1. The molecule has 0 radical (unpaired) electrons. The van der Waals surface area contributed by atoms with Crippen molar-refractivity contribution < 1.29 is 9.84 Å². The van der Waals surface area contributed by atoms with Crippen molar-refractivity contribution in [2.24, 2.45) is 0 Å². The summed E-state index contributed by atoms with van der Waals surface area (Å²) in [4.78, 5) is 0. The highest BCUT2D eigenvalue weighted by Gasteiger charge is 2.38. The molecule has 4 atom stereocenters. The normalized spacial score (nSPS) is 42.0. The zero-order valence-electron chi connectivity index (χ0n) is 7.66. The summed E-state index contributed by atoms with van der Waals surface area (Å²) in [6, 6.07) is 0. The minimum atomic E-state index is -0.271. The average molecular weight is 284 g/mol. The Morgan fingerprint density at radius 1 is 1.50 bits per heavy atom. The van der Waals surface area contributed by atoms with Crippen LogP contribution in [-0.4, -0.2) is 27.3 Å². The Labute approximate surface area is 87.8 Å². The van der Waals surface area contributed by atoms with Crippen LogP contribution in [-0.2, 0) is 4.74 Å². The molecule has 2 nitrogen and oxygen atoms in total. The van der Waals surface area contributed by atoms with Gasteiger partial charge in [-0.05, 0) is 13.3 Å². The van der Waals surface area contributed by atoms with Gasteiger partial charge < -0.3 is 9.84 Å². The highest BCUT2D eigenvalue weighted by atomic mass is 127. The molecule has 1 aliphatic heterocycles. The van der Waals surface area contributed by atoms with Gasteiger partial charge in [-0.25, -0.2) is 0 Å². The second kappa shape index (κ2) is 4.77. The maximum atomic E-state index is 9.60. The smallest absolute Gasteiger partial charge is 0.0941 e. The Kier molecular flexibility index (Phi) is 4.26. The molecule has 12 heavy (non-hydrogen) atoms. The van der Waals surface area contributed by atoms with E-state index in [0.29, 0.717) is 0 Å². The fraction of sp³-hybridized carbons (Fsp3) is 1.00. The van der Waals surface area contributed by atoms with Crippen LogP contribution >= 0.6 is 22.6 Å². The Bertz CT molecular complexity index is 140. The van der Waals surface area contributed by atoms with E-state index in [1.165, 1.54) is 12.8 Å². The summed E-state index contributed by atoms with van der Waals surface area (Å²) >= 11 is 2.30. The molecular formula is C9H17IO2. The Hall–Kier alpha value is 0.650. The Morgan fingerprint density at radius 3 is 2.58 bits per heavy atom. The molecule has 0 aromatic heterocycles. The number of unbranched alkanes of at least 4 members (excludes halogenated alkanes) is 1. The van der Waals surface area contributed by atoms with Crippen LogP contribution in [0.3, 0.4) is 0 Å². The van der Waals surface area contributed by atoms with Gasteiger partial charge in [-0.2, -0.15) is 0 Å². The second-order valence-corrected chi connectivity index (χ2v) is 4.90. The average Bonchev–Trinajstić information content (AvgIpc) is 2.30. The molecule has 72 valence electrons. The van der Waals surface area contributed by atoms with E-state index in [4.69, 9.17) is 4.74 Å². The number of rotatable bonds is 3. The third-order valence-corrected chi connectivity index (χ3v) is 3.93. The molecule has 3 heteroatoms. The van der Waals surface area contributed by atoms with Crippen molar-refractivity contribution in [3.63, 3.8) is 0 Å². The molecule has 1 rings (SSSR count). The van der Waals surface area contributed by atoms with Crippen molar-refractivity contribution in [2.45, 2.75) is 55.3 Å². The van der Waals surface area contributed by atoms with E-state index in [2.05, 4.69) is 29.5 Å². The van der Waals surface area contributed by atoms with Crippen molar-refractivity contribution in [1.29, 1.82) is 0 Å². The minimum Gasteiger partial charge on any atom is -0.389 e. The van der Waals surface area contributed by atoms with E-state index in [-0.39, 0.29) is 22.2 Å². The molecule has 0 spiro atoms. The Balaban J connectivity index is 2.36. The van der Waals surface area contributed by atoms with Crippen LogP contribution in [0.25, 0.3) is 0 Å². The van der Waals surface area contributed by atoms with Gasteiger partial charge in [0.25, 0.3) is 0 Å². The van der Waals surface area contributed by atoms with E-state index in [0.717, 1.165) is 6.42 Å². The quantitative estimate of drug-likeness (QED) is 0.635. The molecule has 1 heterocycles. The van der Waals surface area contributed by atoms with E-state index in [1.54, 1.807) is 0 Å². The Morgan fingerprint density at radius 2 is 2.17 bits per heavy atom. The summed E-state index contributed by atoms with van der Waals surface area (Å²) < 4.78 is 5.91. The minimum absolute atomic E-state index is 0.0220. The lowest BCUT2D eigenvalue weighted by molar-refractivity contribution is 0.0189. The lowest BCUT2D eigenvalue weighted by atomic mass is 10.1. The molecular weight excluding hydrogens is 267 g/mol. The fourth-order valence-electron chi connectivity index (χ4n) is 1.54. The van der Waals surface area contributed by atoms with Crippen molar-refractivity contribution in [1.82, 2.24) is 0 Å². The first-order valence-corrected chi connectivity index (χ1v) is 5.89. The molecule has 0 aromatic rings. The molecule has 1 saturated heterocycles. The number of alkyl halides is 1. The first-order chi connectivity index (χ1) is 5.66. The summed E-state index contributed by atoms with van der Waals surface area (Å²) in [6.45, 7) is 4.12. The van der Waals surface area contributed by atoms with Crippen LogP contribution in [0.2, 0.25) is 0 Å². The zero-order chi connectivity index (χ0) is 9.14. The lowest BCUT2D eigenvalue weighted by Crippen LogP contribution is -2.26. The van der Waals surface area contributed by atoms with Gasteiger partial charge in [0.15, 0.2) is 0 Å². The molecule has 0 bridgehead atoms. The van der Waals surface area contributed by atoms with Crippen molar-refractivity contribution in [3.8, 4) is 0 Å². The number of aliphatic hydroxyl groups is 1. The van der Waals surface area contributed by atoms with Crippen molar-refractivity contribution in [2.75, 3.05) is 0 Å². The van der Waals surface area contributed by atoms with Crippen LogP contribution in [0.1, 0.15) is 33.1 Å². The SMILES string of the molecule is CCCC[C@H]1O[C@@H](C)[C@@H](O)[C@H]1I. The molecule has 0 unspecified atom stereocenters. The fourth-order valence-corrected chi connectivity index (χ4v) is 2.66. The van der Waals surface area contributed by atoms with E-state index < -0.39 is 0 Å². The maximum Gasteiger partial charge on any atom is 0.0941 e. The van der Waals surface area contributed by atoms with Crippen molar-refractivity contribution >= 4 is 22.6 Å². The third-order valence-electron chi connectivity index (χ3n) is 2.39. The highest BCUT2D eigenvalue weighted by molar-refractivity contribution is 14.1. The molecule has 0 amide bonds. The van der Waals surface area contributed by atoms with Crippen LogP contribution in [0, 0.1) is 0 Å². The topological polar surface area (TPSA) is 29.5 Å². The van der Waals surface area contributed by atoms with Gasteiger partial charge in [0.1, 0.15) is 0 Å². The molecule has 0 aliphatic carbocycles. The van der Waals surface area contributed by atoms with Gasteiger partial charge in [0, 0.05) is 0 Å². The maximum absolute atomic E-state index is 9.60. The molecule has 1 aliphatic rings. The molecule has 1 fully saturated rings. The predicted molar refractivity (Wildman–Crippen MR) is 57.7 cm³/mol. The van der Waals surface area contributed by atoms with Gasteiger partial charge in [0.05, 0.1) is 22.2 Å². The van der Waals surface area contributed by atoms with Gasteiger partial charge in [0.2, 0.25) is 0 Å². The van der Waals surface area contributed by atoms with Gasteiger partial charge in [-0.1, -0.05) is 42.4 Å². The first-order valence-electron chi connectivity index (χ1n) is 4.64. The summed E-state index contributed by atoms with van der Waals surface area (Å²) in [5.41, 5.74) is 0. The summed E-state index contributed by atoms with van der Waals surface area (Å²) in [5, 5.41) is 9.60. The predicted octanol–water partition coefficient (Wildman–Crippen LogP) is 2.13. The summed E-state index contributed by atoms with van der Waals surface area (Å²) in [7, 11) is 0. The van der Waals surface area contributed by atoms with Crippen LogP contribution in [0.15, 0.2) is 0 Å². The van der Waals surface area contributed by atoms with E-state index >= 15 is 0 Å². The van der Waals surface area contributed by atoms with Gasteiger partial charge >= 0.3 is 0 Å². The largest absolute Gasteiger partial charge is 0.389 e.